The van der Waals surface area contributed by atoms with Crippen LogP contribution in [-0.4, -0.2) is 18.0 Å². The number of amides is 1. The molecule has 1 aliphatic carbocycles. The molecule has 4 heteroatoms. The van der Waals surface area contributed by atoms with Crippen molar-refractivity contribution in [1.29, 1.82) is 0 Å². The lowest BCUT2D eigenvalue weighted by molar-refractivity contribution is 0.100. The van der Waals surface area contributed by atoms with Crippen molar-refractivity contribution < 1.29 is 4.79 Å². The van der Waals surface area contributed by atoms with Gasteiger partial charge in [0.05, 0.1) is 5.56 Å². The van der Waals surface area contributed by atoms with Gasteiger partial charge in [-0.3, -0.25) is 4.79 Å². The predicted octanol–water partition coefficient (Wildman–Crippen LogP) is 1.32. The third-order valence-electron chi connectivity index (χ3n) is 3.52. The monoisotopic (exact) mass is 233 g/mol. The first-order chi connectivity index (χ1) is 8.07. The van der Waals surface area contributed by atoms with Gasteiger partial charge in [-0.1, -0.05) is 12.1 Å². The molecular formula is C13H19N3O. The van der Waals surface area contributed by atoms with Crippen molar-refractivity contribution in [3.05, 3.63) is 29.8 Å². The fourth-order valence-electron chi connectivity index (χ4n) is 2.15. The highest BCUT2D eigenvalue weighted by Crippen LogP contribution is 2.41. The van der Waals surface area contributed by atoms with Crippen LogP contribution < -0.4 is 16.8 Å². The van der Waals surface area contributed by atoms with Gasteiger partial charge in [-0.25, -0.2) is 0 Å². The minimum Gasteiger partial charge on any atom is -0.378 e. The van der Waals surface area contributed by atoms with Crippen LogP contribution in [0.3, 0.4) is 0 Å². The second-order valence-corrected chi connectivity index (χ2v) is 4.93. The van der Waals surface area contributed by atoms with Gasteiger partial charge in [0.2, 0.25) is 0 Å². The SMILES string of the molecule is CC(CN)(Nc1ccccc1C(N)=O)C1CC1. The summed E-state index contributed by atoms with van der Waals surface area (Å²) in [5.41, 5.74) is 12.4. The first-order valence-electron chi connectivity index (χ1n) is 5.94. The van der Waals surface area contributed by atoms with Crippen LogP contribution in [0.15, 0.2) is 24.3 Å². The molecule has 1 aromatic rings. The van der Waals surface area contributed by atoms with Gasteiger partial charge in [0, 0.05) is 17.8 Å². The lowest BCUT2D eigenvalue weighted by atomic mass is 9.95. The summed E-state index contributed by atoms with van der Waals surface area (Å²) in [6.07, 6.45) is 2.39. The molecule has 0 aromatic heterocycles. The molecule has 0 heterocycles. The van der Waals surface area contributed by atoms with Crippen LogP contribution in [-0.2, 0) is 0 Å². The van der Waals surface area contributed by atoms with Gasteiger partial charge in [-0.15, -0.1) is 0 Å². The fraction of sp³-hybridized carbons (Fsp3) is 0.462. The summed E-state index contributed by atoms with van der Waals surface area (Å²) in [7, 11) is 0. The van der Waals surface area contributed by atoms with Crippen LogP contribution >= 0.6 is 0 Å². The lowest BCUT2D eigenvalue weighted by Crippen LogP contribution is -2.45. The Bertz CT molecular complexity index is 428. The first-order valence-corrected chi connectivity index (χ1v) is 5.94. The topological polar surface area (TPSA) is 81.1 Å². The Balaban J connectivity index is 2.25. The Morgan fingerprint density at radius 2 is 2.12 bits per heavy atom. The van der Waals surface area contributed by atoms with Gasteiger partial charge >= 0.3 is 0 Å². The van der Waals surface area contributed by atoms with Crippen molar-refractivity contribution in [3.63, 3.8) is 0 Å². The van der Waals surface area contributed by atoms with E-state index < -0.39 is 5.91 Å². The summed E-state index contributed by atoms with van der Waals surface area (Å²) in [4.78, 5) is 11.3. The Labute approximate surface area is 101 Å². The van der Waals surface area contributed by atoms with Crippen LogP contribution in [0, 0.1) is 5.92 Å². The number of nitrogens with one attached hydrogen (secondary N) is 1. The molecule has 1 aromatic carbocycles. The van der Waals surface area contributed by atoms with Gasteiger partial charge < -0.3 is 16.8 Å². The molecule has 1 amide bonds. The minimum absolute atomic E-state index is 0.147. The van der Waals surface area contributed by atoms with E-state index >= 15 is 0 Å². The van der Waals surface area contributed by atoms with E-state index in [1.165, 1.54) is 12.8 Å². The van der Waals surface area contributed by atoms with Crippen LogP contribution in [0.5, 0.6) is 0 Å². The number of hydrogen-bond donors (Lipinski definition) is 3. The average molecular weight is 233 g/mol. The average Bonchev–Trinajstić information content (AvgIpc) is 3.13. The summed E-state index contributed by atoms with van der Waals surface area (Å²) in [5.74, 6) is 0.178. The summed E-state index contributed by atoms with van der Waals surface area (Å²) in [5, 5.41) is 3.39. The molecule has 0 spiro atoms. The van der Waals surface area contributed by atoms with Crippen LogP contribution in [0.2, 0.25) is 0 Å². The highest BCUT2D eigenvalue weighted by molar-refractivity contribution is 5.98. The molecule has 0 bridgehead atoms. The van der Waals surface area contributed by atoms with Crippen molar-refractivity contribution in [2.45, 2.75) is 25.3 Å². The molecule has 0 saturated heterocycles. The molecule has 17 heavy (non-hydrogen) atoms. The maximum atomic E-state index is 11.3. The predicted molar refractivity (Wildman–Crippen MR) is 68.8 cm³/mol. The second kappa shape index (κ2) is 4.37. The smallest absolute Gasteiger partial charge is 0.250 e. The highest BCUT2D eigenvalue weighted by atomic mass is 16.1. The molecule has 2 rings (SSSR count). The molecule has 92 valence electrons. The molecule has 4 nitrogen and oxygen atoms in total. The van der Waals surface area contributed by atoms with Gasteiger partial charge in [0.25, 0.3) is 5.91 Å². The van der Waals surface area contributed by atoms with E-state index in [1.54, 1.807) is 6.07 Å². The van der Waals surface area contributed by atoms with Crippen molar-refractivity contribution in [2.75, 3.05) is 11.9 Å². The zero-order chi connectivity index (χ0) is 12.5. The van der Waals surface area contributed by atoms with E-state index in [-0.39, 0.29) is 5.54 Å². The second-order valence-electron chi connectivity index (χ2n) is 4.93. The number of para-hydroxylation sites is 1. The largest absolute Gasteiger partial charge is 0.378 e. The van der Waals surface area contributed by atoms with Crippen molar-refractivity contribution in [3.8, 4) is 0 Å². The van der Waals surface area contributed by atoms with E-state index in [2.05, 4.69) is 12.2 Å². The molecule has 1 unspecified atom stereocenters. The molecule has 1 saturated carbocycles. The summed E-state index contributed by atoms with van der Waals surface area (Å²) in [6, 6.07) is 7.30. The standard InChI is InChI=1S/C13H19N3O/c1-13(8-14,9-6-7-9)16-11-5-3-2-4-10(11)12(15)17/h2-5,9,16H,6-8,14H2,1H3,(H2,15,17). The maximum absolute atomic E-state index is 11.3. The van der Waals surface area contributed by atoms with Gasteiger partial charge in [0.1, 0.15) is 0 Å². The van der Waals surface area contributed by atoms with E-state index in [0.717, 1.165) is 5.69 Å². The van der Waals surface area contributed by atoms with Crippen molar-refractivity contribution >= 4 is 11.6 Å². The summed E-state index contributed by atoms with van der Waals surface area (Å²) < 4.78 is 0. The van der Waals surface area contributed by atoms with E-state index in [1.807, 2.05) is 18.2 Å². The summed E-state index contributed by atoms with van der Waals surface area (Å²) in [6.45, 7) is 2.65. The molecule has 1 aliphatic rings. The molecule has 1 fully saturated rings. The number of benzene rings is 1. The molecule has 0 aliphatic heterocycles. The maximum Gasteiger partial charge on any atom is 0.250 e. The molecule has 0 radical (unpaired) electrons. The third-order valence-corrected chi connectivity index (χ3v) is 3.52. The van der Waals surface area contributed by atoms with Crippen molar-refractivity contribution in [2.24, 2.45) is 17.4 Å². The Morgan fingerprint density at radius 3 is 2.65 bits per heavy atom. The Kier molecular flexibility index (Phi) is 3.07. The van der Waals surface area contributed by atoms with Crippen molar-refractivity contribution in [1.82, 2.24) is 0 Å². The third kappa shape index (κ3) is 2.42. The number of rotatable bonds is 5. The van der Waals surface area contributed by atoms with E-state index in [9.17, 15) is 4.79 Å². The van der Waals surface area contributed by atoms with Gasteiger partial charge in [-0.05, 0) is 37.8 Å². The first kappa shape index (κ1) is 11.9. The van der Waals surface area contributed by atoms with Crippen LogP contribution in [0.25, 0.3) is 0 Å². The number of carbonyl (C=O) groups is 1. The van der Waals surface area contributed by atoms with Crippen LogP contribution in [0.4, 0.5) is 5.69 Å². The van der Waals surface area contributed by atoms with Gasteiger partial charge in [-0.2, -0.15) is 0 Å². The minimum atomic E-state index is -0.414. The zero-order valence-corrected chi connectivity index (χ0v) is 10.1. The van der Waals surface area contributed by atoms with Gasteiger partial charge in [0.15, 0.2) is 0 Å². The highest BCUT2D eigenvalue weighted by Gasteiger charge is 2.40. The number of hydrogen-bond acceptors (Lipinski definition) is 3. The van der Waals surface area contributed by atoms with E-state index in [0.29, 0.717) is 18.0 Å². The Morgan fingerprint density at radius 1 is 1.47 bits per heavy atom. The Hall–Kier alpha value is -1.55. The lowest BCUT2D eigenvalue weighted by Gasteiger charge is -2.31. The van der Waals surface area contributed by atoms with Crippen LogP contribution in [0.1, 0.15) is 30.1 Å². The summed E-state index contributed by atoms with van der Waals surface area (Å²) >= 11 is 0. The molecule has 1 atom stereocenters. The number of primary amides is 1. The van der Waals surface area contributed by atoms with E-state index in [4.69, 9.17) is 11.5 Å². The zero-order valence-electron chi connectivity index (χ0n) is 10.1. The fourth-order valence-corrected chi connectivity index (χ4v) is 2.15. The normalized spacial score (nSPS) is 18.5. The molecular weight excluding hydrogens is 214 g/mol. The number of nitrogens with two attached hydrogens (primary N) is 2. The molecule has 5 N–H and O–H groups in total. The number of carbonyl (C=O) groups excluding carboxylic acids is 1. The quantitative estimate of drug-likeness (QED) is 0.717. The number of anilines is 1.